The van der Waals surface area contributed by atoms with Crippen LogP contribution in [0.4, 0.5) is 0 Å². The van der Waals surface area contributed by atoms with Crippen molar-refractivity contribution in [2.75, 3.05) is 0 Å². The number of carbonyl (C=O) groups is 2. The monoisotopic (exact) mass is 300 g/mol. The van der Waals surface area contributed by atoms with E-state index in [1.807, 2.05) is 6.07 Å². The molecule has 0 radical (unpaired) electrons. The van der Waals surface area contributed by atoms with Gasteiger partial charge >= 0.3 is 5.97 Å². The first-order chi connectivity index (χ1) is 10.5. The third-order valence-corrected chi connectivity index (χ3v) is 4.04. The van der Waals surface area contributed by atoms with E-state index in [9.17, 15) is 14.7 Å². The van der Waals surface area contributed by atoms with Gasteiger partial charge in [0.05, 0.1) is 18.7 Å². The van der Waals surface area contributed by atoms with E-state index in [1.165, 1.54) is 4.80 Å². The molecule has 1 fully saturated rings. The van der Waals surface area contributed by atoms with E-state index in [2.05, 4.69) is 15.5 Å². The number of aryl methyl sites for hydroxylation is 1. The van der Waals surface area contributed by atoms with Crippen molar-refractivity contribution in [3.05, 3.63) is 47.8 Å². The largest absolute Gasteiger partial charge is 0.481 e. The van der Waals surface area contributed by atoms with Crippen molar-refractivity contribution in [1.82, 2.24) is 20.3 Å². The smallest absolute Gasteiger partial charge is 0.314 e. The maximum absolute atomic E-state index is 12.2. The second-order valence-corrected chi connectivity index (χ2v) is 5.44. The second-order valence-electron chi connectivity index (χ2n) is 5.44. The molecule has 2 aromatic rings. The molecule has 1 aromatic heterocycles. The van der Waals surface area contributed by atoms with E-state index in [1.54, 1.807) is 37.5 Å². The Balaban J connectivity index is 1.70. The standard InChI is InChI=1S/C15H16N4O3/c1-19-17-9-11(18-19)8-16-13(20)12-7-15(12,14(21)22)10-5-3-2-4-6-10/h2-6,9,12H,7-8H2,1H3,(H,16,20)(H,21,22)/t12-,15+/m0/s1. The van der Waals surface area contributed by atoms with E-state index in [-0.39, 0.29) is 12.5 Å². The van der Waals surface area contributed by atoms with Crippen LogP contribution in [0.2, 0.25) is 0 Å². The first-order valence-electron chi connectivity index (χ1n) is 6.96. The molecule has 1 saturated carbocycles. The second kappa shape index (κ2) is 5.25. The van der Waals surface area contributed by atoms with Gasteiger partial charge in [-0.05, 0) is 12.0 Å². The van der Waals surface area contributed by atoms with Crippen LogP contribution in [0, 0.1) is 5.92 Å². The Hall–Kier alpha value is -2.70. The summed E-state index contributed by atoms with van der Waals surface area (Å²) in [6.45, 7) is 0.244. The number of hydrogen-bond acceptors (Lipinski definition) is 4. The summed E-state index contributed by atoms with van der Waals surface area (Å²) in [5.74, 6) is -1.78. The summed E-state index contributed by atoms with van der Waals surface area (Å²) >= 11 is 0. The molecule has 114 valence electrons. The summed E-state index contributed by atoms with van der Waals surface area (Å²) in [4.78, 5) is 25.3. The molecule has 3 rings (SSSR count). The van der Waals surface area contributed by atoms with E-state index < -0.39 is 17.3 Å². The summed E-state index contributed by atoms with van der Waals surface area (Å²) in [6.07, 6.45) is 1.88. The molecule has 2 N–H and O–H groups in total. The molecule has 22 heavy (non-hydrogen) atoms. The number of nitrogens with one attached hydrogen (secondary N) is 1. The van der Waals surface area contributed by atoms with Gasteiger partial charge in [-0.1, -0.05) is 30.3 Å². The first kappa shape index (κ1) is 14.2. The third-order valence-electron chi connectivity index (χ3n) is 4.04. The van der Waals surface area contributed by atoms with Gasteiger partial charge in [-0.25, -0.2) is 0 Å². The lowest BCUT2D eigenvalue weighted by Crippen LogP contribution is -2.32. The van der Waals surface area contributed by atoms with Gasteiger partial charge in [-0.15, -0.1) is 0 Å². The highest BCUT2D eigenvalue weighted by atomic mass is 16.4. The number of rotatable bonds is 5. The van der Waals surface area contributed by atoms with Crippen LogP contribution >= 0.6 is 0 Å². The molecule has 0 saturated heterocycles. The maximum atomic E-state index is 12.2. The fourth-order valence-electron chi connectivity index (χ4n) is 2.76. The Bertz CT molecular complexity index is 713. The minimum Gasteiger partial charge on any atom is -0.481 e. The maximum Gasteiger partial charge on any atom is 0.314 e. The zero-order chi connectivity index (χ0) is 15.7. The highest BCUT2D eigenvalue weighted by Gasteiger charge is 2.65. The van der Waals surface area contributed by atoms with Gasteiger partial charge in [0, 0.05) is 7.05 Å². The predicted molar refractivity (Wildman–Crippen MR) is 76.7 cm³/mol. The number of carbonyl (C=O) groups excluding carboxylic acids is 1. The third kappa shape index (κ3) is 2.34. The minimum absolute atomic E-state index is 0.244. The lowest BCUT2D eigenvalue weighted by molar-refractivity contribution is -0.141. The van der Waals surface area contributed by atoms with Gasteiger partial charge < -0.3 is 10.4 Å². The van der Waals surface area contributed by atoms with Crippen LogP contribution in [0.25, 0.3) is 0 Å². The number of aliphatic carboxylic acids is 1. The van der Waals surface area contributed by atoms with Crippen LogP contribution in [0.5, 0.6) is 0 Å². The van der Waals surface area contributed by atoms with Crippen LogP contribution in [0.1, 0.15) is 17.7 Å². The van der Waals surface area contributed by atoms with Crippen LogP contribution in [0.15, 0.2) is 36.5 Å². The van der Waals surface area contributed by atoms with Gasteiger partial charge in [-0.2, -0.15) is 15.0 Å². The zero-order valence-corrected chi connectivity index (χ0v) is 12.1. The SMILES string of the molecule is Cn1ncc(CNC(=O)[C@@H]2C[C@@]2(C(=O)O)c2ccccc2)n1. The van der Waals surface area contributed by atoms with Gasteiger partial charge in [0.15, 0.2) is 0 Å². The Kier molecular flexibility index (Phi) is 3.40. The van der Waals surface area contributed by atoms with Gasteiger partial charge in [0.2, 0.25) is 5.91 Å². The summed E-state index contributed by atoms with van der Waals surface area (Å²) in [5.41, 5.74) is 0.201. The molecule has 2 atom stereocenters. The number of hydrogen-bond donors (Lipinski definition) is 2. The molecule has 1 aromatic carbocycles. The number of amides is 1. The lowest BCUT2D eigenvalue weighted by Gasteiger charge is -2.12. The highest BCUT2D eigenvalue weighted by molar-refractivity contribution is 5.97. The number of benzene rings is 1. The van der Waals surface area contributed by atoms with Crippen LogP contribution in [0.3, 0.4) is 0 Å². The minimum atomic E-state index is -1.10. The van der Waals surface area contributed by atoms with Crippen LogP contribution in [-0.2, 0) is 28.6 Å². The van der Waals surface area contributed by atoms with Gasteiger partial charge in [-0.3, -0.25) is 9.59 Å². The molecule has 7 heteroatoms. The van der Waals surface area contributed by atoms with E-state index in [0.29, 0.717) is 17.7 Å². The van der Waals surface area contributed by atoms with Crippen molar-refractivity contribution in [2.45, 2.75) is 18.4 Å². The highest BCUT2D eigenvalue weighted by Crippen LogP contribution is 2.54. The Morgan fingerprint density at radius 2 is 2.14 bits per heavy atom. The fourth-order valence-corrected chi connectivity index (χ4v) is 2.76. The molecule has 0 bridgehead atoms. The van der Waals surface area contributed by atoms with Crippen molar-refractivity contribution in [1.29, 1.82) is 0 Å². The molecule has 7 nitrogen and oxygen atoms in total. The summed E-state index contributed by atoms with van der Waals surface area (Å²) < 4.78 is 0. The first-order valence-corrected chi connectivity index (χ1v) is 6.96. The van der Waals surface area contributed by atoms with Gasteiger partial charge in [0.25, 0.3) is 0 Å². The average molecular weight is 300 g/mol. The Labute approximate surface area is 126 Å². The predicted octanol–water partition coefficient (Wildman–Crippen LogP) is 0.474. The molecule has 0 spiro atoms. The van der Waals surface area contributed by atoms with Gasteiger partial charge in [0.1, 0.15) is 11.1 Å². The average Bonchev–Trinajstić information content (AvgIpc) is 3.16. The summed E-state index contributed by atoms with van der Waals surface area (Å²) in [6, 6.07) is 8.90. The molecular weight excluding hydrogens is 284 g/mol. The van der Waals surface area contributed by atoms with Crippen molar-refractivity contribution >= 4 is 11.9 Å². The van der Waals surface area contributed by atoms with E-state index in [0.717, 1.165) is 0 Å². The van der Waals surface area contributed by atoms with E-state index in [4.69, 9.17) is 0 Å². The zero-order valence-electron chi connectivity index (χ0n) is 12.1. The molecule has 1 aliphatic carbocycles. The van der Waals surface area contributed by atoms with Crippen molar-refractivity contribution in [2.24, 2.45) is 13.0 Å². The van der Waals surface area contributed by atoms with Crippen molar-refractivity contribution in [3.8, 4) is 0 Å². The lowest BCUT2D eigenvalue weighted by atomic mass is 9.93. The molecule has 0 aliphatic heterocycles. The number of aromatic nitrogens is 3. The normalized spacial score (nSPS) is 23.0. The molecule has 1 aliphatic rings. The van der Waals surface area contributed by atoms with E-state index >= 15 is 0 Å². The van der Waals surface area contributed by atoms with Crippen LogP contribution < -0.4 is 5.32 Å². The fraction of sp³-hybridized carbons (Fsp3) is 0.333. The number of carboxylic acid groups (broad SMARTS) is 1. The quantitative estimate of drug-likeness (QED) is 0.837. The topological polar surface area (TPSA) is 97.1 Å². The van der Waals surface area contributed by atoms with Crippen LogP contribution in [-0.4, -0.2) is 32.0 Å². The molecule has 1 amide bonds. The molecule has 1 heterocycles. The van der Waals surface area contributed by atoms with Crippen molar-refractivity contribution < 1.29 is 14.7 Å². The summed E-state index contributed by atoms with van der Waals surface area (Å²) in [7, 11) is 1.69. The molecule has 0 unspecified atom stereocenters. The number of carboxylic acids is 1. The Morgan fingerprint density at radius 3 is 2.73 bits per heavy atom. The Morgan fingerprint density at radius 1 is 1.41 bits per heavy atom. The molecular formula is C15H16N4O3. The van der Waals surface area contributed by atoms with Crippen molar-refractivity contribution in [3.63, 3.8) is 0 Å². The summed E-state index contributed by atoms with van der Waals surface area (Å²) in [5, 5.41) is 20.3. The number of nitrogens with zero attached hydrogens (tertiary/aromatic N) is 3.